The number of rotatable bonds is 6. The maximum Gasteiger partial charge on any atom is 0.164 e. The summed E-state index contributed by atoms with van der Waals surface area (Å²) in [5.74, 6) is 1.94. The number of hydrogen-bond acceptors (Lipinski definition) is 4. The van der Waals surface area contributed by atoms with Gasteiger partial charge in [0.1, 0.15) is 11.2 Å². The van der Waals surface area contributed by atoms with E-state index in [1.807, 2.05) is 66.7 Å². The number of benzene rings is 8. The lowest BCUT2D eigenvalue weighted by Crippen LogP contribution is -2.00. The van der Waals surface area contributed by atoms with Gasteiger partial charge in [-0.25, -0.2) is 15.0 Å². The molecule has 4 heteroatoms. The van der Waals surface area contributed by atoms with Crippen LogP contribution in [0.2, 0.25) is 0 Å². The van der Waals surface area contributed by atoms with Crippen LogP contribution in [0.5, 0.6) is 0 Å². The summed E-state index contributed by atoms with van der Waals surface area (Å²) in [5.41, 5.74) is 11.6. The number of nitrogens with zero attached hydrogens (tertiary/aromatic N) is 3. The Labute approximate surface area is 306 Å². The first-order chi connectivity index (χ1) is 26.2. The average Bonchev–Trinajstić information content (AvgIpc) is 3.64. The molecule has 2 aromatic heterocycles. The molecule has 0 bridgehead atoms. The summed E-state index contributed by atoms with van der Waals surface area (Å²) in [6.45, 7) is 0. The van der Waals surface area contributed by atoms with Crippen LogP contribution < -0.4 is 0 Å². The van der Waals surface area contributed by atoms with Crippen molar-refractivity contribution in [3.8, 4) is 67.5 Å². The van der Waals surface area contributed by atoms with E-state index in [9.17, 15) is 0 Å². The number of fused-ring (bicyclic) bond motifs is 5. The van der Waals surface area contributed by atoms with Gasteiger partial charge in [0.2, 0.25) is 0 Å². The van der Waals surface area contributed by atoms with E-state index in [4.69, 9.17) is 19.4 Å². The standard InChI is InChI=1S/C49H31N3O/c1-4-12-32(13-5-1)39-28-29-41-40(30-39)31-43(45-42-18-10-11-19-44(42)53-46(41)45)35-24-20-33(21-25-35)34-22-26-38(27-23-34)49-51-47(36-14-6-2-7-15-36)50-48(52-49)37-16-8-3-9-17-37/h1-31H. The van der Waals surface area contributed by atoms with Gasteiger partial charge in [0, 0.05) is 32.8 Å². The zero-order valence-electron chi connectivity index (χ0n) is 28.6. The second-order valence-electron chi connectivity index (χ2n) is 13.2. The van der Waals surface area contributed by atoms with Crippen molar-refractivity contribution in [1.82, 2.24) is 15.0 Å². The summed E-state index contributed by atoms with van der Waals surface area (Å²) < 4.78 is 6.56. The van der Waals surface area contributed by atoms with Crippen molar-refractivity contribution < 1.29 is 4.42 Å². The molecule has 0 aliphatic heterocycles. The van der Waals surface area contributed by atoms with Crippen LogP contribution in [-0.2, 0) is 0 Å². The Hall–Kier alpha value is -7.17. The normalized spacial score (nSPS) is 11.4. The predicted molar refractivity (Wildman–Crippen MR) is 217 cm³/mol. The summed E-state index contributed by atoms with van der Waals surface area (Å²) >= 11 is 0. The van der Waals surface area contributed by atoms with Gasteiger partial charge in [0.25, 0.3) is 0 Å². The molecule has 0 atom stereocenters. The molecule has 248 valence electrons. The maximum atomic E-state index is 6.56. The van der Waals surface area contributed by atoms with E-state index in [0.29, 0.717) is 17.5 Å². The minimum absolute atomic E-state index is 0.641. The fourth-order valence-corrected chi connectivity index (χ4v) is 7.25. The highest BCUT2D eigenvalue weighted by molar-refractivity contribution is 6.21. The van der Waals surface area contributed by atoms with Gasteiger partial charge in [-0.3, -0.25) is 0 Å². The quantitative estimate of drug-likeness (QED) is 0.176. The Morgan fingerprint density at radius 1 is 0.321 bits per heavy atom. The van der Waals surface area contributed by atoms with Crippen molar-refractivity contribution in [2.75, 3.05) is 0 Å². The molecule has 4 nitrogen and oxygen atoms in total. The van der Waals surface area contributed by atoms with E-state index < -0.39 is 0 Å². The van der Waals surface area contributed by atoms with Gasteiger partial charge in [-0.1, -0.05) is 164 Å². The first kappa shape index (κ1) is 30.6. The zero-order chi connectivity index (χ0) is 35.1. The summed E-state index contributed by atoms with van der Waals surface area (Å²) in [6, 6.07) is 65.3. The molecule has 2 heterocycles. The summed E-state index contributed by atoms with van der Waals surface area (Å²) in [6.07, 6.45) is 0. The van der Waals surface area contributed by atoms with Crippen LogP contribution >= 0.6 is 0 Å². The maximum absolute atomic E-state index is 6.56. The van der Waals surface area contributed by atoms with Gasteiger partial charge in [-0.15, -0.1) is 0 Å². The van der Waals surface area contributed by atoms with Crippen LogP contribution in [0.25, 0.3) is 100 Å². The molecule has 0 aliphatic carbocycles. The summed E-state index contributed by atoms with van der Waals surface area (Å²) in [7, 11) is 0. The molecule has 53 heavy (non-hydrogen) atoms. The van der Waals surface area contributed by atoms with Gasteiger partial charge in [0.15, 0.2) is 17.5 Å². The Kier molecular flexibility index (Phi) is 7.43. The van der Waals surface area contributed by atoms with Crippen molar-refractivity contribution in [3.63, 3.8) is 0 Å². The number of furan rings is 1. The lowest BCUT2D eigenvalue weighted by Gasteiger charge is -2.11. The largest absolute Gasteiger partial charge is 0.455 e. The van der Waals surface area contributed by atoms with Gasteiger partial charge < -0.3 is 4.42 Å². The molecule has 10 rings (SSSR count). The van der Waals surface area contributed by atoms with Crippen molar-refractivity contribution in [1.29, 1.82) is 0 Å². The number of hydrogen-bond donors (Lipinski definition) is 0. The molecule has 0 radical (unpaired) electrons. The van der Waals surface area contributed by atoms with Crippen LogP contribution in [0, 0.1) is 0 Å². The third-order valence-corrected chi connectivity index (χ3v) is 9.94. The van der Waals surface area contributed by atoms with Crippen LogP contribution in [0.3, 0.4) is 0 Å². The molecule has 0 fully saturated rings. The zero-order valence-corrected chi connectivity index (χ0v) is 28.6. The second-order valence-corrected chi connectivity index (χ2v) is 13.2. The predicted octanol–water partition coefficient (Wildman–Crippen LogP) is 12.9. The van der Waals surface area contributed by atoms with E-state index >= 15 is 0 Å². The fourth-order valence-electron chi connectivity index (χ4n) is 7.25. The van der Waals surface area contributed by atoms with E-state index in [0.717, 1.165) is 71.7 Å². The van der Waals surface area contributed by atoms with Crippen molar-refractivity contribution >= 4 is 32.7 Å². The van der Waals surface area contributed by atoms with Gasteiger partial charge in [-0.2, -0.15) is 0 Å². The minimum Gasteiger partial charge on any atom is -0.455 e. The highest BCUT2D eigenvalue weighted by atomic mass is 16.3. The third-order valence-electron chi connectivity index (χ3n) is 9.94. The Morgan fingerprint density at radius 3 is 1.34 bits per heavy atom. The highest BCUT2D eigenvalue weighted by Gasteiger charge is 2.17. The van der Waals surface area contributed by atoms with Crippen molar-refractivity contribution in [2.45, 2.75) is 0 Å². The van der Waals surface area contributed by atoms with Gasteiger partial charge in [0.05, 0.1) is 0 Å². The summed E-state index contributed by atoms with van der Waals surface area (Å²) in [5, 5.41) is 4.52. The van der Waals surface area contributed by atoms with E-state index in [2.05, 4.69) is 121 Å². The number of aromatic nitrogens is 3. The van der Waals surface area contributed by atoms with E-state index in [1.54, 1.807) is 0 Å². The second kappa shape index (κ2) is 12.9. The van der Waals surface area contributed by atoms with Crippen molar-refractivity contribution in [3.05, 3.63) is 188 Å². The SMILES string of the molecule is c1ccc(-c2ccc3c(c2)cc(-c2ccc(-c4ccc(-c5nc(-c6ccccc6)nc(-c6ccccc6)n5)cc4)cc2)c2c4ccccc4oc32)cc1. The van der Waals surface area contributed by atoms with Crippen LogP contribution in [0.15, 0.2) is 192 Å². The lowest BCUT2D eigenvalue weighted by atomic mass is 9.92. The molecule has 0 aliphatic rings. The first-order valence-corrected chi connectivity index (χ1v) is 17.8. The molecule has 0 amide bonds. The highest BCUT2D eigenvalue weighted by Crippen LogP contribution is 2.42. The molecule has 0 unspecified atom stereocenters. The average molecular weight is 678 g/mol. The Morgan fingerprint density at radius 2 is 0.755 bits per heavy atom. The smallest absolute Gasteiger partial charge is 0.164 e. The van der Waals surface area contributed by atoms with Crippen LogP contribution in [-0.4, -0.2) is 15.0 Å². The molecule has 10 aromatic rings. The molecule has 0 spiro atoms. The molecule has 0 saturated heterocycles. The lowest BCUT2D eigenvalue weighted by molar-refractivity contribution is 0.673. The Bertz CT molecular complexity index is 2840. The Balaban J connectivity index is 1.03. The van der Waals surface area contributed by atoms with Gasteiger partial charge >= 0.3 is 0 Å². The van der Waals surface area contributed by atoms with E-state index in [-0.39, 0.29) is 0 Å². The molecule has 0 N–H and O–H groups in total. The van der Waals surface area contributed by atoms with Gasteiger partial charge in [-0.05, 0) is 63.0 Å². The first-order valence-electron chi connectivity index (χ1n) is 17.8. The minimum atomic E-state index is 0.641. The van der Waals surface area contributed by atoms with Crippen molar-refractivity contribution in [2.24, 2.45) is 0 Å². The molecular formula is C49H31N3O. The molecule has 0 saturated carbocycles. The van der Waals surface area contributed by atoms with Crippen LogP contribution in [0.4, 0.5) is 0 Å². The fraction of sp³-hybridized carbons (Fsp3) is 0. The van der Waals surface area contributed by atoms with E-state index in [1.165, 1.54) is 11.1 Å². The number of para-hydroxylation sites is 1. The molecular weight excluding hydrogens is 647 g/mol. The van der Waals surface area contributed by atoms with Crippen LogP contribution in [0.1, 0.15) is 0 Å². The topological polar surface area (TPSA) is 51.8 Å². The molecule has 8 aromatic carbocycles. The monoisotopic (exact) mass is 677 g/mol. The summed E-state index contributed by atoms with van der Waals surface area (Å²) in [4.78, 5) is 14.6. The third kappa shape index (κ3) is 5.63.